The Morgan fingerprint density at radius 1 is 1.24 bits per heavy atom. The van der Waals surface area contributed by atoms with Gasteiger partial charge in [0.1, 0.15) is 18.0 Å². The quantitative estimate of drug-likeness (QED) is 0.586. The van der Waals surface area contributed by atoms with Crippen LogP contribution in [-0.2, 0) is 20.8 Å². The van der Waals surface area contributed by atoms with Crippen molar-refractivity contribution in [3.63, 3.8) is 0 Å². The van der Waals surface area contributed by atoms with Crippen molar-refractivity contribution in [3.8, 4) is 0 Å². The van der Waals surface area contributed by atoms with Crippen LogP contribution in [0.5, 0.6) is 0 Å². The summed E-state index contributed by atoms with van der Waals surface area (Å²) in [6.07, 6.45) is 4.46. The number of amides is 2. The number of para-hydroxylation sites is 1. The molecule has 1 fully saturated rings. The van der Waals surface area contributed by atoms with Gasteiger partial charge in [0.25, 0.3) is 0 Å². The maximum Gasteiger partial charge on any atom is 0.249 e. The Bertz CT molecular complexity index is 1010. The van der Waals surface area contributed by atoms with Gasteiger partial charge in [-0.3, -0.25) is 14.9 Å². The SMILES string of the molecule is O=CCCc1ccnc2c1c1ccccc1n2C1CCC(=O)NC1=O. The average molecular weight is 335 g/mol. The van der Waals surface area contributed by atoms with Gasteiger partial charge in [-0.15, -0.1) is 0 Å². The number of aryl methyl sites for hydroxylation is 1. The lowest BCUT2D eigenvalue weighted by Gasteiger charge is -2.23. The average Bonchev–Trinajstić information content (AvgIpc) is 2.95. The summed E-state index contributed by atoms with van der Waals surface area (Å²) < 4.78 is 1.93. The van der Waals surface area contributed by atoms with Gasteiger partial charge >= 0.3 is 0 Å². The molecule has 25 heavy (non-hydrogen) atoms. The summed E-state index contributed by atoms with van der Waals surface area (Å²) in [7, 11) is 0. The van der Waals surface area contributed by atoms with Crippen molar-refractivity contribution in [3.05, 3.63) is 42.1 Å². The summed E-state index contributed by atoms with van der Waals surface area (Å²) in [5, 5.41) is 4.41. The Labute approximate surface area is 143 Å². The standard InChI is InChI=1S/C19H17N3O3/c23-11-3-4-12-9-10-20-18-17(12)13-5-1-2-6-14(13)22(18)15-7-8-16(24)21-19(15)25/h1-2,5-6,9-11,15H,3-4,7-8H2,(H,21,24,25). The Hall–Kier alpha value is -3.02. The van der Waals surface area contributed by atoms with Gasteiger partial charge in [-0.2, -0.15) is 0 Å². The van der Waals surface area contributed by atoms with Gasteiger partial charge in [-0.05, 0) is 30.5 Å². The monoisotopic (exact) mass is 335 g/mol. The third-order valence-electron chi connectivity index (χ3n) is 4.73. The number of aldehydes is 1. The predicted octanol–water partition coefficient (Wildman–Crippen LogP) is 2.30. The van der Waals surface area contributed by atoms with Gasteiger partial charge in [-0.25, -0.2) is 4.98 Å². The zero-order valence-corrected chi connectivity index (χ0v) is 13.6. The number of fused-ring (bicyclic) bond motifs is 3. The predicted molar refractivity (Wildman–Crippen MR) is 93.0 cm³/mol. The number of nitrogens with zero attached hydrogens (tertiary/aromatic N) is 2. The summed E-state index contributed by atoms with van der Waals surface area (Å²) in [5.74, 6) is -0.527. The number of pyridine rings is 1. The third kappa shape index (κ3) is 2.50. The highest BCUT2D eigenvalue weighted by Crippen LogP contribution is 2.35. The maximum absolute atomic E-state index is 12.4. The van der Waals surface area contributed by atoms with Crippen LogP contribution in [0.1, 0.15) is 30.9 Å². The van der Waals surface area contributed by atoms with Crippen LogP contribution in [0.25, 0.3) is 21.9 Å². The lowest BCUT2D eigenvalue weighted by Crippen LogP contribution is -2.41. The van der Waals surface area contributed by atoms with E-state index in [9.17, 15) is 14.4 Å². The Morgan fingerprint density at radius 3 is 2.88 bits per heavy atom. The van der Waals surface area contributed by atoms with E-state index in [4.69, 9.17) is 0 Å². The number of benzene rings is 1. The molecule has 1 aliphatic heterocycles. The zero-order chi connectivity index (χ0) is 17.4. The van der Waals surface area contributed by atoms with Gasteiger partial charge in [0.15, 0.2) is 0 Å². The molecule has 1 N–H and O–H groups in total. The van der Waals surface area contributed by atoms with E-state index in [2.05, 4.69) is 10.3 Å². The molecular formula is C19H17N3O3. The fourth-order valence-electron chi connectivity index (χ4n) is 3.64. The van der Waals surface area contributed by atoms with Gasteiger partial charge in [0, 0.05) is 29.8 Å². The first-order valence-corrected chi connectivity index (χ1v) is 8.34. The molecule has 1 unspecified atom stereocenters. The molecule has 2 aromatic heterocycles. The largest absolute Gasteiger partial charge is 0.313 e. The molecule has 1 atom stereocenters. The molecule has 0 saturated carbocycles. The second-order valence-corrected chi connectivity index (χ2v) is 6.23. The number of carbonyl (C=O) groups excluding carboxylic acids is 3. The summed E-state index contributed by atoms with van der Waals surface area (Å²) in [4.78, 5) is 39.2. The summed E-state index contributed by atoms with van der Waals surface area (Å²) in [5.41, 5.74) is 2.68. The molecule has 0 aliphatic carbocycles. The number of nitrogens with one attached hydrogen (secondary N) is 1. The van der Waals surface area contributed by atoms with E-state index in [1.165, 1.54) is 0 Å². The number of aromatic nitrogens is 2. The van der Waals surface area contributed by atoms with Crippen LogP contribution in [-0.4, -0.2) is 27.7 Å². The Morgan fingerprint density at radius 2 is 2.08 bits per heavy atom. The molecule has 0 radical (unpaired) electrons. The molecule has 6 heteroatoms. The molecule has 0 spiro atoms. The van der Waals surface area contributed by atoms with Crippen molar-refractivity contribution in [1.29, 1.82) is 0 Å². The van der Waals surface area contributed by atoms with Crippen molar-refractivity contribution >= 4 is 40.0 Å². The van der Waals surface area contributed by atoms with Crippen molar-refractivity contribution in [2.75, 3.05) is 0 Å². The molecule has 6 nitrogen and oxygen atoms in total. The number of hydrogen-bond acceptors (Lipinski definition) is 4. The molecule has 1 saturated heterocycles. The second kappa shape index (κ2) is 6.12. The molecule has 1 aliphatic rings. The van der Waals surface area contributed by atoms with Gasteiger partial charge in [-0.1, -0.05) is 18.2 Å². The summed E-state index contributed by atoms with van der Waals surface area (Å²) in [6.45, 7) is 0. The van der Waals surface area contributed by atoms with Crippen LogP contribution < -0.4 is 5.32 Å². The van der Waals surface area contributed by atoms with Crippen LogP contribution >= 0.6 is 0 Å². The number of carbonyl (C=O) groups is 3. The minimum Gasteiger partial charge on any atom is -0.313 e. The minimum atomic E-state index is -0.464. The molecular weight excluding hydrogens is 318 g/mol. The van der Waals surface area contributed by atoms with Gasteiger partial charge < -0.3 is 9.36 Å². The second-order valence-electron chi connectivity index (χ2n) is 6.23. The highest BCUT2D eigenvalue weighted by Gasteiger charge is 2.31. The van der Waals surface area contributed by atoms with Crippen LogP contribution in [0, 0.1) is 0 Å². The lowest BCUT2D eigenvalue weighted by atomic mass is 10.1. The van der Waals surface area contributed by atoms with Gasteiger partial charge in [0.2, 0.25) is 11.8 Å². The van der Waals surface area contributed by atoms with Crippen molar-refractivity contribution in [1.82, 2.24) is 14.9 Å². The first kappa shape index (κ1) is 15.5. The molecule has 2 amide bonds. The first-order valence-electron chi connectivity index (χ1n) is 8.34. The fourth-order valence-corrected chi connectivity index (χ4v) is 3.64. The van der Waals surface area contributed by atoms with E-state index in [1.54, 1.807) is 6.20 Å². The molecule has 126 valence electrons. The van der Waals surface area contributed by atoms with E-state index >= 15 is 0 Å². The van der Waals surface area contributed by atoms with Crippen molar-refractivity contribution in [2.24, 2.45) is 0 Å². The van der Waals surface area contributed by atoms with Gasteiger partial charge in [0.05, 0.1) is 5.52 Å². The van der Waals surface area contributed by atoms with Crippen LogP contribution in [0.2, 0.25) is 0 Å². The minimum absolute atomic E-state index is 0.235. The van der Waals surface area contributed by atoms with Crippen LogP contribution in [0.3, 0.4) is 0 Å². The Kier molecular flexibility index (Phi) is 3.80. The molecule has 3 heterocycles. The number of imide groups is 1. The van der Waals surface area contributed by atoms with Crippen molar-refractivity contribution in [2.45, 2.75) is 31.7 Å². The summed E-state index contributed by atoms with van der Waals surface area (Å²) in [6, 6.07) is 9.31. The van der Waals surface area contributed by atoms with Crippen LogP contribution in [0.4, 0.5) is 0 Å². The molecule has 0 bridgehead atoms. The van der Waals surface area contributed by atoms with E-state index < -0.39 is 6.04 Å². The van der Waals surface area contributed by atoms with E-state index in [0.29, 0.717) is 25.7 Å². The van der Waals surface area contributed by atoms with E-state index in [1.807, 2.05) is 34.9 Å². The number of rotatable bonds is 4. The zero-order valence-electron chi connectivity index (χ0n) is 13.6. The van der Waals surface area contributed by atoms with E-state index in [0.717, 1.165) is 33.8 Å². The number of hydrogen-bond donors (Lipinski definition) is 1. The van der Waals surface area contributed by atoms with Crippen molar-refractivity contribution < 1.29 is 14.4 Å². The highest BCUT2D eigenvalue weighted by molar-refractivity contribution is 6.10. The fraction of sp³-hybridized carbons (Fsp3) is 0.263. The van der Waals surface area contributed by atoms with E-state index in [-0.39, 0.29) is 11.8 Å². The third-order valence-corrected chi connectivity index (χ3v) is 4.73. The maximum atomic E-state index is 12.4. The van der Waals surface area contributed by atoms with Crippen LogP contribution in [0.15, 0.2) is 36.5 Å². The first-order chi connectivity index (χ1) is 12.2. The topological polar surface area (TPSA) is 81.1 Å². The molecule has 3 aromatic rings. The lowest BCUT2D eigenvalue weighted by molar-refractivity contribution is -0.135. The highest BCUT2D eigenvalue weighted by atomic mass is 16.2. The summed E-state index contributed by atoms with van der Waals surface area (Å²) >= 11 is 0. The Balaban J connectivity index is 1.98. The molecule has 4 rings (SSSR count). The molecule has 1 aromatic carbocycles. The smallest absolute Gasteiger partial charge is 0.249 e. The number of piperidine rings is 1. The normalized spacial score (nSPS) is 17.8.